The highest BCUT2D eigenvalue weighted by Gasteiger charge is 2.28. The lowest BCUT2D eigenvalue weighted by molar-refractivity contribution is -0.146. The van der Waals surface area contributed by atoms with E-state index >= 15 is 0 Å². The number of halogens is 1. The minimum Gasteiger partial charge on any atom is -0.481 e. The smallest absolute Gasteiger partial charge is 0.353 e. The number of nitrogens with two attached hydrogens (primary N) is 1. The van der Waals surface area contributed by atoms with Crippen molar-refractivity contribution in [2.45, 2.75) is 26.8 Å². The zero-order valence-electron chi connectivity index (χ0n) is 13.3. The van der Waals surface area contributed by atoms with Crippen LogP contribution >= 0.6 is 11.3 Å². The Morgan fingerprint density at radius 3 is 2.58 bits per heavy atom. The Balaban J connectivity index is 2.10. The van der Waals surface area contributed by atoms with Gasteiger partial charge in [-0.25, -0.2) is 9.18 Å². The molecule has 0 aliphatic rings. The normalized spacial score (nSPS) is 11.3. The minimum absolute atomic E-state index is 0.169. The summed E-state index contributed by atoms with van der Waals surface area (Å²) < 4.78 is 18.9. The second-order valence-electron chi connectivity index (χ2n) is 5.99. The number of hydrogen-bond acceptors (Lipinski definition) is 5. The summed E-state index contributed by atoms with van der Waals surface area (Å²) in [6.45, 7) is 3.42. The molecule has 0 bridgehead atoms. The number of thiophene rings is 1. The molecule has 0 fully saturated rings. The summed E-state index contributed by atoms with van der Waals surface area (Å²) in [4.78, 5) is 24.3. The Labute approximate surface area is 142 Å². The summed E-state index contributed by atoms with van der Waals surface area (Å²) in [7, 11) is 0. The van der Waals surface area contributed by atoms with E-state index in [4.69, 9.17) is 15.6 Å². The van der Waals surface area contributed by atoms with Crippen molar-refractivity contribution in [3.63, 3.8) is 0 Å². The van der Waals surface area contributed by atoms with Crippen LogP contribution in [0.1, 0.15) is 34.0 Å². The van der Waals surface area contributed by atoms with Gasteiger partial charge in [0.05, 0.1) is 5.41 Å². The first kappa shape index (κ1) is 18.1. The molecule has 0 unspecified atom stereocenters. The van der Waals surface area contributed by atoms with Crippen molar-refractivity contribution in [2.75, 3.05) is 0 Å². The van der Waals surface area contributed by atoms with Crippen LogP contribution < -0.4 is 10.5 Å². The fourth-order valence-corrected chi connectivity index (χ4v) is 3.11. The Morgan fingerprint density at radius 1 is 1.29 bits per heavy atom. The molecule has 0 atom stereocenters. The highest BCUT2D eigenvalue weighted by molar-refractivity contribution is 7.13. The van der Waals surface area contributed by atoms with Gasteiger partial charge in [0.1, 0.15) is 4.88 Å². The zero-order valence-corrected chi connectivity index (χ0v) is 14.2. The van der Waals surface area contributed by atoms with Crippen molar-refractivity contribution < 1.29 is 23.8 Å². The van der Waals surface area contributed by atoms with Crippen molar-refractivity contribution in [3.05, 3.63) is 51.5 Å². The quantitative estimate of drug-likeness (QED) is 0.616. The summed E-state index contributed by atoms with van der Waals surface area (Å²) in [6.07, 6.45) is 0.292. The molecule has 1 aromatic heterocycles. The number of hydrogen-bond donors (Lipinski definition) is 2. The highest BCUT2D eigenvalue weighted by Crippen LogP contribution is 2.28. The number of carbonyl (C=O) groups excluding carboxylic acids is 1. The van der Waals surface area contributed by atoms with E-state index in [0.717, 1.165) is 16.2 Å². The molecule has 7 heteroatoms. The Bertz CT molecular complexity index is 770. The van der Waals surface area contributed by atoms with Gasteiger partial charge in [-0.05, 0) is 50.1 Å². The standard InChI is InChI=1S/C17H18FNO4S/c1-17(2,16(21)22)8-11-4-6-14(24-11)15(20)23-13-5-3-10(9-19)7-12(13)18/h3-7H,8-9,19H2,1-2H3,(H,21,22). The zero-order chi connectivity index (χ0) is 17.9. The molecule has 3 N–H and O–H groups in total. The fraction of sp³-hybridized carbons (Fsp3) is 0.294. The Kier molecular flexibility index (Phi) is 5.36. The third-order valence-corrected chi connectivity index (χ3v) is 4.56. The molecule has 1 heterocycles. The highest BCUT2D eigenvalue weighted by atomic mass is 32.1. The van der Waals surface area contributed by atoms with E-state index in [9.17, 15) is 14.0 Å². The predicted octanol–water partition coefficient (Wildman–Crippen LogP) is 3.22. The van der Waals surface area contributed by atoms with Crippen molar-refractivity contribution in [1.82, 2.24) is 0 Å². The van der Waals surface area contributed by atoms with E-state index in [1.54, 1.807) is 32.0 Å². The molecule has 0 aliphatic carbocycles. The van der Waals surface area contributed by atoms with Gasteiger partial charge in [0, 0.05) is 11.4 Å². The first-order valence-corrected chi connectivity index (χ1v) is 8.07. The average molecular weight is 351 g/mol. The van der Waals surface area contributed by atoms with Gasteiger partial charge in [0.15, 0.2) is 11.6 Å². The first-order chi connectivity index (χ1) is 11.2. The summed E-state index contributed by atoms with van der Waals surface area (Å²) in [5, 5.41) is 9.15. The fourth-order valence-electron chi connectivity index (χ4n) is 2.00. The molecule has 0 aliphatic heterocycles. The van der Waals surface area contributed by atoms with Gasteiger partial charge in [-0.3, -0.25) is 4.79 Å². The first-order valence-electron chi connectivity index (χ1n) is 7.25. The number of ether oxygens (including phenoxy) is 1. The average Bonchev–Trinajstić information content (AvgIpc) is 2.97. The number of benzene rings is 1. The summed E-state index contributed by atoms with van der Waals surface area (Å²) in [5.74, 6) is -2.42. The minimum atomic E-state index is -0.934. The van der Waals surface area contributed by atoms with Crippen LogP contribution in [0.3, 0.4) is 0 Å². The molecule has 0 saturated carbocycles. The summed E-state index contributed by atoms with van der Waals surface area (Å²) >= 11 is 1.14. The lowest BCUT2D eigenvalue weighted by Gasteiger charge is -2.17. The SMILES string of the molecule is CC(C)(Cc1ccc(C(=O)Oc2ccc(CN)cc2F)s1)C(=O)O. The van der Waals surface area contributed by atoms with Gasteiger partial charge in [-0.15, -0.1) is 11.3 Å². The number of carboxylic acid groups (broad SMARTS) is 1. The monoisotopic (exact) mass is 351 g/mol. The second-order valence-corrected chi connectivity index (χ2v) is 7.16. The lowest BCUT2D eigenvalue weighted by Crippen LogP contribution is -2.25. The summed E-state index contributed by atoms with van der Waals surface area (Å²) in [6, 6.07) is 7.39. The molecule has 2 aromatic rings. The van der Waals surface area contributed by atoms with E-state index in [2.05, 4.69) is 0 Å². The van der Waals surface area contributed by atoms with Gasteiger partial charge in [0.25, 0.3) is 0 Å². The maximum absolute atomic E-state index is 13.8. The second kappa shape index (κ2) is 7.11. The molecular formula is C17H18FNO4S. The number of carboxylic acids is 1. The van der Waals surface area contributed by atoms with E-state index in [1.807, 2.05) is 0 Å². The molecular weight excluding hydrogens is 333 g/mol. The van der Waals surface area contributed by atoms with Crippen molar-refractivity contribution in [2.24, 2.45) is 11.1 Å². The molecule has 2 rings (SSSR count). The molecule has 1 aromatic carbocycles. The molecule has 0 radical (unpaired) electrons. The number of esters is 1. The van der Waals surface area contributed by atoms with Gasteiger partial charge >= 0.3 is 11.9 Å². The van der Waals surface area contributed by atoms with Gasteiger partial charge in [-0.1, -0.05) is 6.07 Å². The van der Waals surface area contributed by atoms with Crippen LogP contribution in [-0.4, -0.2) is 17.0 Å². The molecule has 0 spiro atoms. The number of aliphatic carboxylic acids is 1. The van der Waals surface area contributed by atoms with Gasteiger partial charge < -0.3 is 15.6 Å². The van der Waals surface area contributed by atoms with Crippen molar-refractivity contribution in [1.29, 1.82) is 0 Å². The maximum Gasteiger partial charge on any atom is 0.353 e. The van der Waals surface area contributed by atoms with Crippen LogP contribution in [0.25, 0.3) is 0 Å². The summed E-state index contributed by atoms with van der Waals surface area (Å²) in [5.41, 5.74) is 5.09. The van der Waals surface area contributed by atoms with Crippen LogP contribution in [-0.2, 0) is 17.8 Å². The topological polar surface area (TPSA) is 89.6 Å². The lowest BCUT2D eigenvalue weighted by atomic mass is 9.89. The van der Waals surface area contributed by atoms with E-state index in [0.29, 0.717) is 12.0 Å². The van der Waals surface area contributed by atoms with Crippen LogP contribution in [0.2, 0.25) is 0 Å². The third kappa shape index (κ3) is 4.18. The van der Waals surface area contributed by atoms with E-state index < -0.39 is 23.2 Å². The number of rotatable bonds is 6. The number of carbonyl (C=O) groups is 2. The Hall–Kier alpha value is -2.25. The van der Waals surface area contributed by atoms with Crippen molar-refractivity contribution in [3.8, 4) is 5.75 Å². The van der Waals surface area contributed by atoms with Crippen LogP contribution in [0, 0.1) is 11.2 Å². The predicted molar refractivity (Wildman–Crippen MR) is 88.7 cm³/mol. The molecule has 5 nitrogen and oxygen atoms in total. The van der Waals surface area contributed by atoms with E-state index in [1.165, 1.54) is 12.1 Å². The molecule has 0 saturated heterocycles. The van der Waals surface area contributed by atoms with Gasteiger partial charge in [-0.2, -0.15) is 0 Å². The van der Waals surface area contributed by atoms with Gasteiger partial charge in [0.2, 0.25) is 0 Å². The maximum atomic E-state index is 13.8. The molecule has 0 amide bonds. The van der Waals surface area contributed by atoms with Crippen LogP contribution in [0.4, 0.5) is 4.39 Å². The van der Waals surface area contributed by atoms with Crippen LogP contribution in [0.15, 0.2) is 30.3 Å². The van der Waals surface area contributed by atoms with E-state index in [-0.39, 0.29) is 17.2 Å². The van der Waals surface area contributed by atoms with Crippen LogP contribution in [0.5, 0.6) is 5.75 Å². The Morgan fingerprint density at radius 2 is 2.00 bits per heavy atom. The largest absolute Gasteiger partial charge is 0.481 e. The molecule has 24 heavy (non-hydrogen) atoms. The third-order valence-electron chi connectivity index (χ3n) is 3.49. The molecule has 128 valence electrons. The van der Waals surface area contributed by atoms with Crippen molar-refractivity contribution >= 4 is 23.3 Å².